The first-order valence-electron chi connectivity index (χ1n) is 8.55. The van der Waals surface area contributed by atoms with Crippen LogP contribution in [0.15, 0.2) is 84.0 Å². The van der Waals surface area contributed by atoms with Crippen LogP contribution in [0.1, 0.15) is 11.1 Å². The molecule has 0 spiro atoms. The van der Waals surface area contributed by atoms with Crippen molar-refractivity contribution in [3.63, 3.8) is 0 Å². The maximum atomic E-state index is 12.1. The van der Waals surface area contributed by atoms with Crippen molar-refractivity contribution in [3.05, 3.63) is 90.0 Å². The normalized spacial score (nSPS) is 10.6. The van der Waals surface area contributed by atoms with Crippen molar-refractivity contribution >= 4 is 17.8 Å². The van der Waals surface area contributed by atoms with Crippen LogP contribution >= 0.6 is 0 Å². The van der Waals surface area contributed by atoms with Gasteiger partial charge in [0.05, 0.1) is 11.9 Å². The maximum absolute atomic E-state index is 12.1. The monoisotopic (exact) mass is 360 g/mol. The number of hydrogen-bond acceptors (Lipinski definition) is 4. The van der Waals surface area contributed by atoms with Gasteiger partial charge in [0.1, 0.15) is 5.75 Å². The molecule has 3 aromatic rings. The molecule has 3 aromatic carbocycles. The molecular weight excluding hydrogens is 340 g/mol. The van der Waals surface area contributed by atoms with Crippen LogP contribution in [0.2, 0.25) is 0 Å². The highest BCUT2D eigenvalue weighted by Crippen LogP contribution is 2.28. The highest BCUT2D eigenvalue weighted by atomic mass is 16.6. The maximum Gasteiger partial charge on any atom is 0.265 e. The van der Waals surface area contributed by atoms with Crippen LogP contribution < -0.4 is 10.1 Å². The number of carbonyl (C=O) groups excluding carboxylic acids is 1. The lowest BCUT2D eigenvalue weighted by Crippen LogP contribution is -2.17. The number of nitrogens with zero attached hydrogens (tertiary/aromatic N) is 1. The lowest BCUT2D eigenvalue weighted by atomic mass is 10.1. The summed E-state index contributed by atoms with van der Waals surface area (Å²) in [4.78, 5) is 17.2. The van der Waals surface area contributed by atoms with E-state index in [1.165, 1.54) is 0 Å². The molecule has 5 heteroatoms. The second-order valence-electron chi connectivity index (χ2n) is 5.82. The second-order valence-corrected chi connectivity index (χ2v) is 5.82. The van der Waals surface area contributed by atoms with Crippen molar-refractivity contribution in [2.45, 2.75) is 6.92 Å². The van der Waals surface area contributed by atoms with Gasteiger partial charge in [0.25, 0.3) is 5.91 Å². The lowest BCUT2D eigenvalue weighted by molar-refractivity contribution is -0.120. The van der Waals surface area contributed by atoms with Gasteiger partial charge in [-0.1, -0.05) is 59.8 Å². The Bertz CT molecular complexity index is 924. The first-order valence-corrected chi connectivity index (χ1v) is 8.55. The average Bonchev–Trinajstić information content (AvgIpc) is 2.69. The molecule has 0 atom stereocenters. The second kappa shape index (κ2) is 9.20. The molecule has 3 rings (SSSR count). The van der Waals surface area contributed by atoms with Gasteiger partial charge < -0.3 is 14.9 Å². The molecule has 1 amide bonds. The minimum atomic E-state index is -0.318. The summed E-state index contributed by atoms with van der Waals surface area (Å²) in [6.07, 6.45) is 1.59. The van der Waals surface area contributed by atoms with Crippen molar-refractivity contribution in [3.8, 4) is 11.5 Å². The number of amides is 1. The number of hydrogen-bond donors (Lipinski definition) is 1. The Kier molecular flexibility index (Phi) is 6.20. The molecular formula is C22H20N2O3. The van der Waals surface area contributed by atoms with E-state index in [1.807, 2.05) is 73.7 Å². The van der Waals surface area contributed by atoms with Gasteiger partial charge in [-0.25, -0.2) is 0 Å². The third-order valence-corrected chi connectivity index (χ3v) is 3.78. The largest absolute Gasteiger partial charge is 0.455 e. The summed E-state index contributed by atoms with van der Waals surface area (Å²) in [7, 11) is 0. The highest BCUT2D eigenvalue weighted by Gasteiger charge is 2.08. The molecule has 0 radical (unpaired) electrons. The number of anilines is 1. The van der Waals surface area contributed by atoms with Crippen LogP contribution in [0, 0.1) is 6.92 Å². The van der Waals surface area contributed by atoms with E-state index in [0.29, 0.717) is 17.2 Å². The van der Waals surface area contributed by atoms with Crippen molar-refractivity contribution in [2.24, 2.45) is 5.16 Å². The van der Waals surface area contributed by atoms with Crippen LogP contribution in [-0.2, 0) is 9.63 Å². The van der Waals surface area contributed by atoms with Gasteiger partial charge >= 0.3 is 0 Å². The lowest BCUT2D eigenvalue weighted by Gasteiger charge is -2.11. The molecule has 0 fully saturated rings. The molecule has 0 aromatic heterocycles. The molecule has 0 aliphatic carbocycles. The third-order valence-electron chi connectivity index (χ3n) is 3.78. The molecule has 1 N–H and O–H groups in total. The SMILES string of the molecule is Cc1ccccc1/C=N\OCC(=O)Nc1ccccc1Oc1ccccc1. The first-order chi connectivity index (χ1) is 13.2. The zero-order valence-corrected chi connectivity index (χ0v) is 15.0. The zero-order valence-electron chi connectivity index (χ0n) is 15.0. The Morgan fingerprint density at radius 1 is 0.963 bits per heavy atom. The van der Waals surface area contributed by atoms with Gasteiger partial charge in [0.2, 0.25) is 0 Å². The topological polar surface area (TPSA) is 59.9 Å². The van der Waals surface area contributed by atoms with Gasteiger partial charge in [0.15, 0.2) is 12.4 Å². The highest BCUT2D eigenvalue weighted by molar-refractivity contribution is 5.93. The summed E-state index contributed by atoms with van der Waals surface area (Å²) in [5, 5.41) is 6.64. The summed E-state index contributed by atoms with van der Waals surface area (Å²) in [5.41, 5.74) is 2.60. The Labute approximate surface area is 158 Å². The first kappa shape index (κ1) is 18.2. The molecule has 0 saturated carbocycles. The van der Waals surface area contributed by atoms with Gasteiger partial charge in [0, 0.05) is 0 Å². The number of aryl methyl sites for hydroxylation is 1. The summed E-state index contributed by atoms with van der Waals surface area (Å²) in [5.74, 6) is 0.930. The Hall–Kier alpha value is -3.60. The number of nitrogens with one attached hydrogen (secondary N) is 1. The average molecular weight is 360 g/mol. The molecule has 5 nitrogen and oxygen atoms in total. The summed E-state index contributed by atoms with van der Waals surface area (Å²) >= 11 is 0. The van der Waals surface area contributed by atoms with E-state index < -0.39 is 0 Å². The molecule has 0 heterocycles. The Morgan fingerprint density at radius 3 is 2.48 bits per heavy atom. The van der Waals surface area contributed by atoms with E-state index in [9.17, 15) is 4.79 Å². The number of benzene rings is 3. The molecule has 0 saturated heterocycles. The van der Waals surface area contributed by atoms with Crippen LogP contribution in [0.25, 0.3) is 0 Å². The van der Waals surface area contributed by atoms with Gasteiger partial charge in [-0.2, -0.15) is 0 Å². The summed E-state index contributed by atoms with van der Waals surface area (Å²) in [6.45, 7) is 1.79. The number of carbonyl (C=O) groups is 1. The van der Waals surface area contributed by atoms with Crippen LogP contribution in [-0.4, -0.2) is 18.7 Å². The van der Waals surface area contributed by atoms with Crippen molar-refractivity contribution in [1.82, 2.24) is 0 Å². The number of ether oxygens (including phenoxy) is 1. The van der Waals surface area contributed by atoms with E-state index in [-0.39, 0.29) is 12.5 Å². The molecule has 0 bridgehead atoms. The minimum Gasteiger partial charge on any atom is -0.455 e. The zero-order chi connectivity index (χ0) is 18.9. The van der Waals surface area contributed by atoms with Crippen molar-refractivity contribution in [2.75, 3.05) is 11.9 Å². The molecule has 0 unspecified atom stereocenters. The van der Waals surface area contributed by atoms with Gasteiger partial charge in [-0.05, 0) is 42.3 Å². The molecule has 27 heavy (non-hydrogen) atoms. The van der Waals surface area contributed by atoms with E-state index in [2.05, 4.69) is 10.5 Å². The summed E-state index contributed by atoms with van der Waals surface area (Å²) in [6, 6.07) is 24.4. The predicted octanol–water partition coefficient (Wildman–Crippen LogP) is 4.78. The van der Waals surface area contributed by atoms with E-state index in [4.69, 9.17) is 9.57 Å². The number of rotatable bonds is 7. The number of para-hydroxylation sites is 3. The quantitative estimate of drug-likeness (QED) is 0.487. The Balaban J connectivity index is 1.56. The Morgan fingerprint density at radius 2 is 1.67 bits per heavy atom. The van der Waals surface area contributed by atoms with Crippen LogP contribution in [0.4, 0.5) is 5.69 Å². The van der Waals surface area contributed by atoms with Crippen molar-refractivity contribution in [1.29, 1.82) is 0 Å². The summed E-state index contributed by atoms with van der Waals surface area (Å²) < 4.78 is 5.82. The van der Waals surface area contributed by atoms with E-state index in [1.54, 1.807) is 18.3 Å². The van der Waals surface area contributed by atoms with E-state index >= 15 is 0 Å². The number of oxime groups is 1. The van der Waals surface area contributed by atoms with Crippen molar-refractivity contribution < 1.29 is 14.4 Å². The van der Waals surface area contributed by atoms with Gasteiger partial charge in [-0.15, -0.1) is 0 Å². The fraction of sp³-hybridized carbons (Fsp3) is 0.0909. The molecule has 0 aliphatic heterocycles. The predicted molar refractivity (Wildman–Crippen MR) is 106 cm³/mol. The fourth-order valence-corrected chi connectivity index (χ4v) is 2.38. The minimum absolute atomic E-state index is 0.192. The smallest absolute Gasteiger partial charge is 0.265 e. The van der Waals surface area contributed by atoms with Gasteiger partial charge in [-0.3, -0.25) is 4.79 Å². The third kappa shape index (κ3) is 5.44. The fourth-order valence-electron chi connectivity index (χ4n) is 2.38. The van der Waals surface area contributed by atoms with Crippen LogP contribution in [0.3, 0.4) is 0 Å². The standard InChI is InChI=1S/C22H20N2O3/c1-17-9-5-6-10-18(17)15-23-26-16-22(25)24-20-13-7-8-14-21(20)27-19-11-3-2-4-12-19/h2-15H,16H2,1H3,(H,24,25)/b23-15-. The molecule has 136 valence electrons. The van der Waals surface area contributed by atoms with E-state index in [0.717, 1.165) is 11.1 Å². The molecule has 0 aliphatic rings. The van der Waals surface area contributed by atoms with Crippen LogP contribution in [0.5, 0.6) is 11.5 Å².